The summed E-state index contributed by atoms with van der Waals surface area (Å²) < 4.78 is 5.79. The van der Waals surface area contributed by atoms with Crippen molar-refractivity contribution in [3.63, 3.8) is 0 Å². The topological polar surface area (TPSA) is 73.2 Å². The lowest BCUT2D eigenvalue weighted by atomic mass is 9.43. The molecular formula is C22H36ClNO4. The number of fused-ring (bicyclic) bond motifs is 2. The van der Waals surface area contributed by atoms with Gasteiger partial charge >= 0.3 is 0 Å². The van der Waals surface area contributed by atoms with E-state index in [1.165, 1.54) is 0 Å². The molecule has 0 aromatic carbocycles. The van der Waals surface area contributed by atoms with Crippen molar-refractivity contribution >= 4 is 12.4 Å². The quantitative estimate of drug-likeness (QED) is 0.642. The highest BCUT2D eigenvalue weighted by atomic mass is 35.5. The molecule has 1 saturated heterocycles. The summed E-state index contributed by atoms with van der Waals surface area (Å²) in [7, 11) is 1.73. The largest absolute Gasteiger partial charge is 0.392 e. The number of halogens is 1. The highest BCUT2D eigenvalue weighted by Gasteiger charge is 2.82. The van der Waals surface area contributed by atoms with Crippen molar-refractivity contribution in [2.45, 2.75) is 75.9 Å². The molecule has 3 N–H and O–H groups in total. The summed E-state index contributed by atoms with van der Waals surface area (Å²) in [5.74, 6) is 0.840. The van der Waals surface area contributed by atoms with Crippen molar-refractivity contribution in [3.8, 4) is 0 Å². The lowest BCUT2D eigenvalue weighted by Gasteiger charge is -2.68. The molecule has 6 fully saturated rings. The number of likely N-dealkylation sites (tertiary alicyclic amines) is 1. The van der Waals surface area contributed by atoms with Gasteiger partial charge in [-0.3, -0.25) is 4.90 Å². The molecule has 6 rings (SSSR count). The molecule has 1 spiro atoms. The lowest BCUT2D eigenvalue weighted by Crippen LogP contribution is -2.75. The molecule has 1 aliphatic heterocycles. The molecule has 5 aliphatic carbocycles. The first-order chi connectivity index (χ1) is 12.8. The number of methoxy groups -OCH3 is 1. The zero-order valence-electron chi connectivity index (χ0n) is 17.3. The second-order valence-electron chi connectivity index (χ2n) is 11.1. The fourth-order valence-electron chi connectivity index (χ4n) is 10.1. The number of aliphatic hydroxyl groups excluding tert-OH is 2. The minimum Gasteiger partial charge on any atom is -0.392 e. The molecule has 6 aliphatic rings. The average molecular weight is 414 g/mol. The second kappa shape index (κ2) is 5.86. The van der Waals surface area contributed by atoms with Gasteiger partial charge in [0.2, 0.25) is 0 Å². The van der Waals surface area contributed by atoms with E-state index in [2.05, 4.69) is 18.7 Å². The normalized spacial score (nSPS) is 63.9. The van der Waals surface area contributed by atoms with Crippen LogP contribution in [-0.4, -0.2) is 70.4 Å². The minimum atomic E-state index is -0.858. The highest BCUT2D eigenvalue weighted by Crippen LogP contribution is 2.78. The maximum Gasteiger partial charge on any atom is 0.0771 e. The summed E-state index contributed by atoms with van der Waals surface area (Å²) in [6.45, 7) is 6.74. The van der Waals surface area contributed by atoms with Crippen molar-refractivity contribution in [3.05, 3.63) is 0 Å². The predicted octanol–water partition coefficient (Wildman–Crippen LogP) is 1.67. The van der Waals surface area contributed by atoms with E-state index in [1.807, 2.05) is 0 Å². The zero-order valence-corrected chi connectivity index (χ0v) is 18.1. The Morgan fingerprint density at radius 3 is 2.61 bits per heavy atom. The lowest BCUT2D eigenvalue weighted by molar-refractivity contribution is -0.266. The number of aliphatic hydroxyl groups is 3. The monoisotopic (exact) mass is 413 g/mol. The molecule has 12 atom stereocenters. The van der Waals surface area contributed by atoms with Gasteiger partial charge in [0, 0.05) is 49.3 Å². The van der Waals surface area contributed by atoms with Crippen LogP contribution in [0.2, 0.25) is 0 Å². The molecular weight excluding hydrogens is 378 g/mol. The van der Waals surface area contributed by atoms with Crippen LogP contribution in [0.3, 0.4) is 0 Å². The molecule has 5 nitrogen and oxygen atoms in total. The molecule has 1 unspecified atom stereocenters. The third kappa shape index (κ3) is 1.86. The van der Waals surface area contributed by atoms with E-state index in [0.29, 0.717) is 12.3 Å². The molecule has 28 heavy (non-hydrogen) atoms. The smallest absolute Gasteiger partial charge is 0.0771 e. The third-order valence-corrected chi connectivity index (χ3v) is 10.7. The molecule has 6 heteroatoms. The summed E-state index contributed by atoms with van der Waals surface area (Å²) in [4.78, 5) is 2.60. The third-order valence-electron chi connectivity index (χ3n) is 10.7. The first-order valence-corrected chi connectivity index (χ1v) is 11.2. The van der Waals surface area contributed by atoms with Crippen LogP contribution in [0.5, 0.6) is 0 Å². The number of ether oxygens (including phenoxy) is 1. The molecule has 7 bridgehead atoms. The van der Waals surface area contributed by atoms with Crippen LogP contribution in [0, 0.1) is 40.4 Å². The van der Waals surface area contributed by atoms with E-state index in [-0.39, 0.29) is 65.2 Å². The Morgan fingerprint density at radius 1 is 1.18 bits per heavy atom. The summed E-state index contributed by atoms with van der Waals surface area (Å²) in [5.41, 5.74) is -0.788. The standard InChI is InChI=1S/C22H35NO4.ClH/c1-4-23-10-20(2)6-5-16(24)22-12-7-11-14(27-3)9-21(26,17(12)18(11)25)13(19(22)23)8-15(20)22;/h11-19,24-26H,4-10H2,1-3H3;1H/t11-,12-,13+,14+,15-,16+,17-,18+,19?,20+,21+,22-;/m1./s1. The highest BCUT2D eigenvalue weighted by molar-refractivity contribution is 5.85. The van der Waals surface area contributed by atoms with E-state index in [0.717, 1.165) is 38.8 Å². The van der Waals surface area contributed by atoms with Crippen LogP contribution in [-0.2, 0) is 4.74 Å². The molecule has 160 valence electrons. The summed E-state index contributed by atoms with van der Waals surface area (Å²) in [5, 5.41) is 34.9. The Labute approximate surface area is 174 Å². The molecule has 0 aromatic rings. The van der Waals surface area contributed by atoms with Crippen molar-refractivity contribution in [1.29, 1.82) is 0 Å². The summed E-state index contributed by atoms with van der Waals surface area (Å²) in [6.07, 6.45) is 3.66. The maximum atomic E-state index is 12.1. The van der Waals surface area contributed by atoms with E-state index in [9.17, 15) is 15.3 Å². The Hall–Kier alpha value is 0.0900. The predicted molar refractivity (Wildman–Crippen MR) is 107 cm³/mol. The van der Waals surface area contributed by atoms with Gasteiger partial charge < -0.3 is 20.1 Å². The zero-order chi connectivity index (χ0) is 18.9. The van der Waals surface area contributed by atoms with Crippen LogP contribution >= 0.6 is 12.4 Å². The van der Waals surface area contributed by atoms with E-state index >= 15 is 0 Å². The minimum absolute atomic E-state index is 0. The fourth-order valence-corrected chi connectivity index (χ4v) is 10.1. The SMILES string of the molecule is CCN1C[C@]2(C)CC[C@H](O)[C@]34C1[C@H](C[C@H]23)[C@@]1(O)C[C@H](OC)[C@H]2C[C@@H]4[C@@H]1[C@H]2O.Cl. The van der Waals surface area contributed by atoms with Gasteiger partial charge in [-0.15, -0.1) is 12.4 Å². The van der Waals surface area contributed by atoms with Crippen molar-refractivity contribution in [1.82, 2.24) is 4.90 Å². The Kier molecular flexibility index (Phi) is 4.19. The molecule has 5 saturated carbocycles. The molecule has 0 amide bonds. The van der Waals surface area contributed by atoms with E-state index in [1.54, 1.807) is 7.11 Å². The Morgan fingerprint density at radius 2 is 1.93 bits per heavy atom. The van der Waals surface area contributed by atoms with Crippen LogP contribution in [0.15, 0.2) is 0 Å². The first-order valence-electron chi connectivity index (χ1n) is 11.2. The summed E-state index contributed by atoms with van der Waals surface area (Å²) in [6, 6.07) is 0.253. The van der Waals surface area contributed by atoms with Gasteiger partial charge in [0.1, 0.15) is 0 Å². The molecule has 1 heterocycles. The number of nitrogens with zero attached hydrogens (tertiary/aromatic N) is 1. The fraction of sp³-hybridized carbons (Fsp3) is 1.00. The van der Waals surface area contributed by atoms with Gasteiger partial charge in [-0.05, 0) is 49.5 Å². The van der Waals surface area contributed by atoms with Crippen LogP contribution in [0.25, 0.3) is 0 Å². The van der Waals surface area contributed by atoms with Gasteiger partial charge in [-0.25, -0.2) is 0 Å². The van der Waals surface area contributed by atoms with E-state index < -0.39 is 11.7 Å². The summed E-state index contributed by atoms with van der Waals surface area (Å²) >= 11 is 0. The molecule has 0 radical (unpaired) electrons. The molecule has 0 aromatic heterocycles. The number of hydrogen-bond acceptors (Lipinski definition) is 5. The van der Waals surface area contributed by atoms with Gasteiger partial charge in [0.15, 0.2) is 0 Å². The van der Waals surface area contributed by atoms with Gasteiger partial charge in [0.05, 0.1) is 23.9 Å². The van der Waals surface area contributed by atoms with Crippen LogP contribution in [0.1, 0.15) is 46.0 Å². The van der Waals surface area contributed by atoms with E-state index in [4.69, 9.17) is 4.74 Å². The van der Waals surface area contributed by atoms with Crippen LogP contribution in [0.4, 0.5) is 0 Å². The van der Waals surface area contributed by atoms with Gasteiger partial charge in [0.25, 0.3) is 0 Å². The first kappa shape index (κ1) is 20.0. The Bertz CT molecular complexity index is 679. The maximum absolute atomic E-state index is 12.1. The van der Waals surface area contributed by atoms with Crippen molar-refractivity contribution < 1.29 is 20.1 Å². The van der Waals surface area contributed by atoms with Gasteiger partial charge in [-0.1, -0.05) is 13.8 Å². The second-order valence-corrected chi connectivity index (χ2v) is 11.1. The number of piperidine rings is 1. The number of rotatable bonds is 2. The van der Waals surface area contributed by atoms with Crippen molar-refractivity contribution in [2.24, 2.45) is 40.4 Å². The average Bonchev–Trinajstić information content (AvgIpc) is 3.07. The Balaban J connectivity index is 0.00000171. The van der Waals surface area contributed by atoms with Crippen LogP contribution < -0.4 is 0 Å². The number of hydrogen-bond donors (Lipinski definition) is 3. The van der Waals surface area contributed by atoms with Gasteiger partial charge in [-0.2, -0.15) is 0 Å². The van der Waals surface area contributed by atoms with Crippen molar-refractivity contribution in [2.75, 3.05) is 20.2 Å².